The summed E-state index contributed by atoms with van der Waals surface area (Å²) in [7, 11) is -3.88. The van der Waals surface area contributed by atoms with Crippen LogP contribution in [0.3, 0.4) is 0 Å². The first-order chi connectivity index (χ1) is 12.4. The van der Waals surface area contributed by atoms with E-state index in [1.165, 1.54) is 6.07 Å². The largest absolute Gasteiger partial charge is 0.459 e. The molecule has 0 spiro atoms. The molecule has 5 nitrogen and oxygen atoms in total. The smallest absolute Gasteiger partial charge is 0.328 e. The van der Waals surface area contributed by atoms with Gasteiger partial charge in [0, 0.05) is 5.41 Å². The third-order valence-corrected chi connectivity index (χ3v) is 8.33. The average molecular weight is 472 g/mol. The fourth-order valence-electron chi connectivity index (χ4n) is 3.22. The van der Waals surface area contributed by atoms with Crippen LogP contribution in [0.5, 0.6) is 0 Å². The van der Waals surface area contributed by atoms with Gasteiger partial charge in [-0.1, -0.05) is 37.3 Å². The van der Waals surface area contributed by atoms with Crippen LogP contribution in [0.25, 0.3) is 0 Å². The maximum atomic E-state index is 13.1. The molecule has 3 rings (SSSR count). The van der Waals surface area contributed by atoms with Crippen LogP contribution < -0.4 is 4.72 Å². The molecule has 0 unspecified atom stereocenters. The summed E-state index contributed by atoms with van der Waals surface area (Å²) in [4.78, 5) is 13.1. The molecule has 1 N–H and O–H groups in total. The Labute approximate surface area is 172 Å². The van der Waals surface area contributed by atoms with Crippen LogP contribution in [0.4, 0.5) is 0 Å². The summed E-state index contributed by atoms with van der Waals surface area (Å²) >= 11 is 4.38. The molecule has 0 bridgehead atoms. The van der Waals surface area contributed by atoms with Crippen molar-refractivity contribution in [2.75, 3.05) is 0 Å². The molecule has 27 heavy (non-hydrogen) atoms. The summed E-state index contributed by atoms with van der Waals surface area (Å²) in [6.45, 7) is 7.20. The fourth-order valence-corrected chi connectivity index (χ4v) is 6.68. The normalized spacial score (nSPS) is 25.2. The first-order valence-corrected chi connectivity index (χ1v) is 11.6. The van der Waals surface area contributed by atoms with Crippen LogP contribution in [0.2, 0.25) is 0 Å². The number of sulfonamides is 1. The Balaban J connectivity index is 2.01. The lowest BCUT2D eigenvalue weighted by atomic mass is 9.93. The number of ether oxygens (including phenoxy) is 1. The second kappa shape index (κ2) is 6.69. The molecule has 0 radical (unpaired) electrons. The van der Waals surface area contributed by atoms with Gasteiger partial charge in [-0.3, -0.25) is 0 Å². The number of hydrogen-bond donors (Lipinski definition) is 1. The molecular weight excluding hydrogens is 450 g/mol. The average Bonchev–Trinajstić information content (AvgIpc) is 2.92. The predicted octanol–water partition coefficient (Wildman–Crippen LogP) is 4.23. The number of carbonyl (C=O) groups excluding carboxylic acids is 1. The predicted molar refractivity (Wildman–Crippen MR) is 109 cm³/mol. The number of hydrogen-bond acceptors (Lipinski definition) is 5. The molecular formula is C19H22BrNO4S2. The van der Waals surface area contributed by atoms with E-state index in [0.29, 0.717) is 10.2 Å². The number of rotatable bonds is 5. The molecule has 8 heteroatoms. The summed E-state index contributed by atoms with van der Waals surface area (Å²) in [5, 5.41) is 0. The number of nitrogens with one attached hydrogen (secondary N) is 1. The monoisotopic (exact) mass is 471 g/mol. The van der Waals surface area contributed by atoms with Crippen molar-refractivity contribution in [1.29, 1.82) is 0 Å². The zero-order valence-corrected chi connectivity index (χ0v) is 18.8. The molecule has 1 aromatic heterocycles. The molecule has 1 aliphatic carbocycles. The van der Waals surface area contributed by atoms with Gasteiger partial charge in [-0.05, 0) is 60.8 Å². The van der Waals surface area contributed by atoms with Crippen molar-refractivity contribution in [2.24, 2.45) is 0 Å². The highest BCUT2D eigenvalue weighted by atomic mass is 79.9. The van der Waals surface area contributed by atoms with Gasteiger partial charge in [-0.25, -0.2) is 13.2 Å². The summed E-state index contributed by atoms with van der Waals surface area (Å²) in [5.74, 6) is -0.555. The number of thiophene rings is 1. The Bertz CT molecular complexity index is 965. The lowest BCUT2D eigenvalue weighted by Crippen LogP contribution is -2.50. The van der Waals surface area contributed by atoms with E-state index in [2.05, 4.69) is 20.7 Å². The van der Waals surface area contributed by atoms with Gasteiger partial charge in [0.1, 0.15) is 15.3 Å². The molecule has 0 amide bonds. The molecule has 0 aliphatic heterocycles. The quantitative estimate of drug-likeness (QED) is 0.662. The van der Waals surface area contributed by atoms with Gasteiger partial charge in [0.2, 0.25) is 0 Å². The van der Waals surface area contributed by atoms with Gasteiger partial charge in [-0.2, -0.15) is 4.72 Å². The summed E-state index contributed by atoms with van der Waals surface area (Å²) < 4.78 is 35.0. The first kappa shape index (κ1) is 20.5. The van der Waals surface area contributed by atoms with Crippen molar-refractivity contribution in [3.05, 3.63) is 51.8 Å². The lowest BCUT2D eigenvalue weighted by Gasteiger charge is -2.27. The van der Waals surface area contributed by atoms with E-state index in [9.17, 15) is 13.2 Å². The van der Waals surface area contributed by atoms with E-state index in [1.807, 2.05) is 37.3 Å². The molecule has 2 atom stereocenters. The standard InChI is InChI=1S/C19H22BrNO4S2/c1-17(2,3)25-16(22)19(12-18(19,4)13-8-6-5-7-9-13)21-27(23,24)15-11-10-14(20)26-15/h5-11,21H,12H2,1-4H3/t18-,19-/m0/s1. The van der Waals surface area contributed by atoms with Crippen molar-refractivity contribution in [1.82, 2.24) is 4.72 Å². The Morgan fingerprint density at radius 2 is 1.81 bits per heavy atom. The van der Waals surface area contributed by atoms with Crippen LogP contribution in [-0.4, -0.2) is 25.5 Å². The van der Waals surface area contributed by atoms with Gasteiger partial charge in [0.05, 0.1) is 3.79 Å². The minimum atomic E-state index is -3.88. The van der Waals surface area contributed by atoms with Gasteiger partial charge in [0.25, 0.3) is 10.0 Å². The summed E-state index contributed by atoms with van der Waals surface area (Å²) in [6.07, 6.45) is 0.338. The molecule has 1 fully saturated rings. The van der Waals surface area contributed by atoms with E-state index in [0.717, 1.165) is 16.9 Å². The fraction of sp³-hybridized carbons (Fsp3) is 0.421. The highest BCUT2D eigenvalue weighted by molar-refractivity contribution is 9.11. The van der Waals surface area contributed by atoms with Crippen LogP contribution in [0, 0.1) is 0 Å². The zero-order chi connectivity index (χ0) is 20.1. The summed E-state index contributed by atoms with van der Waals surface area (Å²) in [5.41, 5.74) is -1.84. The second-order valence-electron chi connectivity index (χ2n) is 7.95. The molecule has 1 heterocycles. The third kappa shape index (κ3) is 3.85. The molecule has 2 aromatic rings. The van der Waals surface area contributed by atoms with Crippen LogP contribution >= 0.6 is 27.3 Å². The number of carbonyl (C=O) groups is 1. The number of benzene rings is 1. The lowest BCUT2D eigenvalue weighted by molar-refractivity contribution is -0.158. The number of esters is 1. The molecule has 0 saturated heterocycles. The third-order valence-electron chi connectivity index (χ3n) is 4.72. The Hall–Kier alpha value is -1.22. The topological polar surface area (TPSA) is 72.5 Å². The van der Waals surface area contributed by atoms with E-state index in [1.54, 1.807) is 26.8 Å². The van der Waals surface area contributed by atoms with Crippen LogP contribution in [-0.2, 0) is 25.0 Å². The minimum absolute atomic E-state index is 0.152. The van der Waals surface area contributed by atoms with Gasteiger partial charge < -0.3 is 4.74 Å². The number of halogens is 1. The minimum Gasteiger partial charge on any atom is -0.459 e. The Morgan fingerprint density at radius 3 is 2.33 bits per heavy atom. The molecule has 1 saturated carbocycles. The van der Waals surface area contributed by atoms with Crippen molar-refractivity contribution in [3.63, 3.8) is 0 Å². The van der Waals surface area contributed by atoms with Crippen molar-refractivity contribution in [2.45, 2.75) is 54.9 Å². The van der Waals surface area contributed by atoms with E-state index >= 15 is 0 Å². The highest BCUT2D eigenvalue weighted by Crippen LogP contribution is 2.59. The molecule has 146 valence electrons. The van der Waals surface area contributed by atoms with Crippen LogP contribution in [0.1, 0.15) is 39.7 Å². The van der Waals surface area contributed by atoms with Gasteiger partial charge in [0.15, 0.2) is 0 Å². The van der Waals surface area contributed by atoms with E-state index < -0.39 is 32.5 Å². The van der Waals surface area contributed by atoms with E-state index in [4.69, 9.17) is 4.74 Å². The van der Waals surface area contributed by atoms with Crippen molar-refractivity contribution >= 4 is 43.3 Å². The van der Waals surface area contributed by atoms with Crippen molar-refractivity contribution in [3.8, 4) is 0 Å². The maximum absolute atomic E-state index is 13.1. The van der Waals surface area contributed by atoms with E-state index in [-0.39, 0.29) is 4.21 Å². The van der Waals surface area contributed by atoms with Gasteiger partial charge in [-0.15, -0.1) is 11.3 Å². The Morgan fingerprint density at radius 1 is 1.19 bits per heavy atom. The van der Waals surface area contributed by atoms with Crippen LogP contribution in [0.15, 0.2) is 50.5 Å². The van der Waals surface area contributed by atoms with Gasteiger partial charge >= 0.3 is 5.97 Å². The Kier molecular flexibility index (Phi) is 5.08. The van der Waals surface area contributed by atoms with Crippen molar-refractivity contribution < 1.29 is 17.9 Å². The second-order valence-corrected chi connectivity index (χ2v) is 12.3. The first-order valence-electron chi connectivity index (χ1n) is 8.48. The zero-order valence-electron chi connectivity index (χ0n) is 15.6. The highest BCUT2D eigenvalue weighted by Gasteiger charge is 2.73. The SMILES string of the molecule is CC(C)(C)OC(=O)[C@@]1(NS(=O)(=O)c2ccc(Br)s2)C[C@@]1(C)c1ccccc1. The molecule has 1 aliphatic rings. The maximum Gasteiger partial charge on any atom is 0.328 e. The molecule has 1 aromatic carbocycles. The summed E-state index contributed by atoms with van der Waals surface area (Å²) in [6, 6.07) is 12.6.